The molecule has 0 saturated carbocycles. The highest BCUT2D eigenvalue weighted by Crippen LogP contribution is 2.28. The van der Waals surface area contributed by atoms with Crippen LogP contribution in [-0.2, 0) is 15.9 Å². The van der Waals surface area contributed by atoms with E-state index >= 15 is 0 Å². The monoisotopic (exact) mass is 577 g/mol. The van der Waals surface area contributed by atoms with E-state index in [0.29, 0.717) is 17.9 Å². The van der Waals surface area contributed by atoms with Crippen molar-refractivity contribution in [2.75, 3.05) is 20.8 Å². The Balaban J connectivity index is 2.08. The number of hydrogen-bond donors (Lipinski definition) is 5. The second-order valence-electron chi connectivity index (χ2n) is 10.5. The quantitative estimate of drug-likeness (QED) is 0.176. The van der Waals surface area contributed by atoms with Crippen LogP contribution in [0.4, 0.5) is 0 Å². The minimum absolute atomic E-state index is 0.121. The summed E-state index contributed by atoms with van der Waals surface area (Å²) in [5.41, 5.74) is 4.21. The number of methoxy groups -OCH3 is 2. The molecule has 1 aromatic rings. The standard InChI is InChI=1S/C31H47NO9/c1-9-19(4)28(41-31-27(37)26(36)25(35)23(16-33)40-31)20(5)15-18(3)12-10-11-17(2)13-14-22-21(6)24(34)29(38-7)30(32-22)39-8/h9-10,12-13,15,20,23,25-28,31,33,35-37H,11,14,16H2,1-8H3,(H,32,34). The lowest BCUT2D eigenvalue weighted by atomic mass is 9.94. The molecule has 1 saturated heterocycles. The number of nitrogens with one attached hydrogen (secondary N) is 1. The average molecular weight is 578 g/mol. The summed E-state index contributed by atoms with van der Waals surface area (Å²) in [5.74, 6) is 0.352. The minimum Gasteiger partial charge on any atom is -0.488 e. The smallest absolute Gasteiger partial charge is 0.238 e. The maximum absolute atomic E-state index is 12.5. The van der Waals surface area contributed by atoms with E-state index in [0.717, 1.165) is 28.8 Å². The van der Waals surface area contributed by atoms with Gasteiger partial charge in [0, 0.05) is 23.6 Å². The van der Waals surface area contributed by atoms with Gasteiger partial charge in [-0.05, 0) is 46.6 Å². The highest BCUT2D eigenvalue weighted by atomic mass is 16.7. The molecule has 0 amide bonds. The summed E-state index contributed by atoms with van der Waals surface area (Å²) in [5, 5.41) is 40.1. The number of aliphatic hydroxyl groups is 4. The molecule has 1 aliphatic rings. The number of aliphatic hydroxyl groups excluding tert-OH is 4. The van der Waals surface area contributed by atoms with Crippen molar-refractivity contribution in [3.8, 4) is 11.6 Å². The Morgan fingerprint density at radius 2 is 1.78 bits per heavy atom. The maximum atomic E-state index is 12.5. The lowest BCUT2D eigenvalue weighted by Gasteiger charge is -2.41. The molecule has 0 bridgehead atoms. The van der Waals surface area contributed by atoms with Gasteiger partial charge in [-0.25, -0.2) is 0 Å². The summed E-state index contributed by atoms with van der Waals surface area (Å²) < 4.78 is 22.1. The molecule has 7 atom stereocenters. The molecule has 1 aliphatic heterocycles. The van der Waals surface area contributed by atoms with E-state index in [1.807, 2.05) is 46.8 Å². The van der Waals surface area contributed by atoms with Gasteiger partial charge in [-0.1, -0.05) is 48.5 Å². The van der Waals surface area contributed by atoms with Crippen molar-refractivity contribution in [1.29, 1.82) is 0 Å². The van der Waals surface area contributed by atoms with Crippen LogP contribution in [0.5, 0.6) is 11.6 Å². The SMILES string of the molecule is CC=C(C)C(OC1OC(CO)C(O)C(O)C1O)C(C)C=C(C)C=CCC(C)=CCc1[nH]c(OC)c(OC)c(=O)c1C. The van der Waals surface area contributed by atoms with E-state index in [2.05, 4.69) is 23.2 Å². The van der Waals surface area contributed by atoms with Gasteiger partial charge in [-0.2, -0.15) is 0 Å². The highest BCUT2D eigenvalue weighted by molar-refractivity contribution is 5.40. The van der Waals surface area contributed by atoms with Crippen LogP contribution in [0.15, 0.2) is 51.9 Å². The summed E-state index contributed by atoms with van der Waals surface area (Å²) in [6.45, 7) is 11.0. The summed E-state index contributed by atoms with van der Waals surface area (Å²) in [6, 6.07) is 0. The lowest BCUT2D eigenvalue weighted by molar-refractivity contribution is -0.310. The van der Waals surface area contributed by atoms with Crippen LogP contribution in [0.2, 0.25) is 0 Å². The number of pyridine rings is 1. The van der Waals surface area contributed by atoms with E-state index in [1.165, 1.54) is 14.2 Å². The molecular formula is C31H47NO9. The van der Waals surface area contributed by atoms with Crippen molar-refractivity contribution in [3.63, 3.8) is 0 Å². The Bertz CT molecular complexity index is 1180. The third-order valence-electron chi connectivity index (χ3n) is 7.39. The van der Waals surface area contributed by atoms with Crippen LogP contribution in [0.1, 0.15) is 52.3 Å². The fourth-order valence-corrected chi connectivity index (χ4v) is 4.71. The molecule has 2 rings (SSSR count). The Kier molecular flexibility index (Phi) is 13.5. The summed E-state index contributed by atoms with van der Waals surface area (Å²) in [6.07, 6.45) is 4.24. The Morgan fingerprint density at radius 1 is 1.10 bits per heavy atom. The number of aromatic amines is 1. The van der Waals surface area contributed by atoms with Gasteiger partial charge in [0.05, 0.1) is 26.9 Å². The zero-order chi connectivity index (χ0) is 30.9. The first-order valence-corrected chi connectivity index (χ1v) is 13.8. The summed E-state index contributed by atoms with van der Waals surface area (Å²) in [7, 11) is 2.92. The molecule has 7 unspecified atom stereocenters. The predicted octanol–water partition coefficient (Wildman–Crippen LogP) is 2.87. The second-order valence-corrected chi connectivity index (χ2v) is 10.5. The van der Waals surface area contributed by atoms with Crippen LogP contribution < -0.4 is 14.9 Å². The third-order valence-corrected chi connectivity index (χ3v) is 7.39. The van der Waals surface area contributed by atoms with Crippen LogP contribution in [0.25, 0.3) is 0 Å². The van der Waals surface area contributed by atoms with Gasteiger partial charge < -0.3 is 44.4 Å². The van der Waals surface area contributed by atoms with Gasteiger partial charge in [0.1, 0.15) is 24.4 Å². The zero-order valence-corrected chi connectivity index (χ0v) is 25.4. The second kappa shape index (κ2) is 16.1. The molecule has 0 aromatic carbocycles. The fraction of sp³-hybridized carbons (Fsp3) is 0.581. The van der Waals surface area contributed by atoms with Gasteiger partial charge in [-0.15, -0.1) is 0 Å². The number of allylic oxidation sites excluding steroid dienone is 6. The minimum atomic E-state index is -1.50. The highest BCUT2D eigenvalue weighted by Gasteiger charge is 2.45. The molecule has 41 heavy (non-hydrogen) atoms. The normalized spacial score (nSPS) is 25.9. The molecular weight excluding hydrogens is 530 g/mol. The van der Waals surface area contributed by atoms with E-state index in [-0.39, 0.29) is 17.1 Å². The van der Waals surface area contributed by atoms with Crippen molar-refractivity contribution >= 4 is 0 Å². The van der Waals surface area contributed by atoms with Crippen molar-refractivity contribution in [3.05, 3.63) is 68.6 Å². The van der Waals surface area contributed by atoms with Crippen LogP contribution in [0.3, 0.4) is 0 Å². The fourth-order valence-electron chi connectivity index (χ4n) is 4.71. The third kappa shape index (κ3) is 8.88. The van der Waals surface area contributed by atoms with Crippen molar-refractivity contribution in [2.24, 2.45) is 5.92 Å². The first-order valence-electron chi connectivity index (χ1n) is 13.8. The van der Waals surface area contributed by atoms with E-state index in [4.69, 9.17) is 18.9 Å². The van der Waals surface area contributed by atoms with Gasteiger partial charge in [0.2, 0.25) is 17.1 Å². The molecule has 2 heterocycles. The Labute approximate surface area is 242 Å². The van der Waals surface area contributed by atoms with E-state index < -0.39 is 43.4 Å². The van der Waals surface area contributed by atoms with E-state index in [9.17, 15) is 25.2 Å². The number of hydrogen-bond acceptors (Lipinski definition) is 9. The number of rotatable bonds is 13. The number of H-pyrrole nitrogens is 1. The molecule has 5 N–H and O–H groups in total. The van der Waals surface area contributed by atoms with Crippen molar-refractivity contribution in [1.82, 2.24) is 4.98 Å². The van der Waals surface area contributed by atoms with Crippen LogP contribution >= 0.6 is 0 Å². The maximum Gasteiger partial charge on any atom is 0.238 e. The average Bonchev–Trinajstić information content (AvgIpc) is 2.95. The van der Waals surface area contributed by atoms with E-state index in [1.54, 1.807) is 6.92 Å². The van der Waals surface area contributed by atoms with Crippen LogP contribution in [0, 0.1) is 12.8 Å². The molecule has 0 radical (unpaired) electrons. The molecule has 1 fully saturated rings. The molecule has 0 aliphatic carbocycles. The zero-order valence-electron chi connectivity index (χ0n) is 25.4. The molecule has 10 heteroatoms. The molecule has 10 nitrogen and oxygen atoms in total. The largest absolute Gasteiger partial charge is 0.488 e. The molecule has 1 aromatic heterocycles. The molecule has 230 valence electrons. The topological polar surface area (TPSA) is 151 Å². The lowest BCUT2D eigenvalue weighted by Crippen LogP contribution is -2.60. The Morgan fingerprint density at radius 3 is 2.37 bits per heavy atom. The van der Waals surface area contributed by atoms with Gasteiger partial charge in [0.25, 0.3) is 0 Å². The van der Waals surface area contributed by atoms with Gasteiger partial charge in [-0.3, -0.25) is 4.79 Å². The number of ether oxygens (including phenoxy) is 4. The predicted molar refractivity (Wildman–Crippen MR) is 157 cm³/mol. The Hall–Kier alpha value is -2.73. The summed E-state index contributed by atoms with van der Waals surface area (Å²) >= 11 is 0. The summed E-state index contributed by atoms with van der Waals surface area (Å²) in [4.78, 5) is 15.7. The first kappa shape index (κ1) is 34.5. The first-order chi connectivity index (χ1) is 19.4. The molecule has 0 spiro atoms. The van der Waals surface area contributed by atoms with Crippen molar-refractivity contribution in [2.45, 2.75) is 91.2 Å². The number of aromatic nitrogens is 1. The van der Waals surface area contributed by atoms with Gasteiger partial charge in [0.15, 0.2) is 6.29 Å². The van der Waals surface area contributed by atoms with Crippen LogP contribution in [-0.4, -0.2) is 83.0 Å². The van der Waals surface area contributed by atoms with Gasteiger partial charge >= 0.3 is 0 Å². The van der Waals surface area contributed by atoms with Crippen molar-refractivity contribution < 1.29 is 39.4 Å².